The maximum absolute atomic E-state index is 12.7. The largest absolute Gasteiger partial charge is 0.514 e. The number of aromatic nitrogens is 4. The molecular formula is C21H25N5O4. The summed E-state index contributed by atoms with van der Waals surface area (Å²) in [6.45, 7) is 1.90. The SMILES string of the molecule is COC(=O)Oc1cc(Nc2nc(C)c3ccc(=O)n(C4CCCCC4)c3n2)cn1C. The maximum atomic E-state index is 12.7. The number of methoxy groups -OCH3 is 1. The Bertz CT molecular complexity index is 1140. The van der Waals surface area contributed by atoms with Crippen molar-refractivity contribution < 1.29 is 14.3 Å². The Morgan fingerprint density at radius 3 is 2.70 bits per heavy atom. The fourth-order valence-electron chi connectivity index (χ4n) is 4.00. The maximum Gasteiger partial charge on any atom is 0.514 e. The molecule has 3 heterocycles. The molecule has 158 valence electrons. The van der Waals surface area contributed by atoms with E-state index in [4.69, 9.17) is 4.74 Å². The van der Waals surface area contributed by atoms with Gasteiger partial charge in [0.2, 0.25) is 11.8 Å². The zero-order chi connectivity index (χ0) is 21.3. The van der Waals surface area contributed by atoms with Crippen LogP contribution in [0.5, 0.6) is 5.88 Å². The van der Waals surface area contributed by atoms with Gasteiger partial charge in [-0.25, -0.2) is 9.78 Å². The van der Waals surface area contributed by atoms with Crippen LogP contribution in [0.25, 0.3) is 11.0 Å². The highest BCUT2D eigenvalue weighted by atomic mass is 16.7. The molecular weight excluding hydrogens is 386 g/mol. The van der Waals surface area contributed by atoms with Gasteiger partial charge in [0.1, 0.15) is 5.65 Å². The monoisotopic (exact) mass is 411 g/mol. The number of fused-ring (bicyclic) bond motifs is 1. The molecule has 1 N–H and O–H groups in total. The second kappa shape index (κ2) is 8.17. The number of rotatable bonds is 4. The van der Waals surface area contributed by atoms with Gasteiger partial charge in [-0.3, -0.25) is 9.36 Å². The zero-order valence-electron chi connectivity index (χ0n) is 17.3. The highest BCUT2D eigenvalue weighted by molar-refractivity contribution is 5.79. The van der Waals surface area contributed by atoms with E-state index in [-0.39, 0.29) is 11.6 Å². The number of pyridine rings is 1. The van der Waals surface area contributed by atoms with Crippen molar-refractivity contribution in [2.75, 3.05) is 12.4 Å². The summed E-state index contributed by atoms with van der Waals surface area (Å²) in [6, 6.07) is 5.21. The van der Waals surface area contributed by atoms with Crippen LogP contribution in [-0.2, 0) is 11.8 Å². The molecule has 3 aromatic heterocycles. The van der Waals surface area contributed by atoms with Gasteiger partial charge in [0, 0.05) is 36.8 Å². The van der Waals surface area contributed by atoms with E-state index >= 15 is 0 Å². The summed E-state index contributed by atoms with van der Waals surface area (Å²) in [4.78, 5) is 33.3. The van der Waals surface area contributed by atoms with Gasteiger partial charge in [-0.15, -0.1) is 0 Å². The van der Waals surface area contributed by atoms with E-state index < -0.39 is 6.16 Å². The predicted octanol–water partition coefficient (Wildman–Crippen LogP) is 3.83. The molecule has 0 bridgehead atoms. The Morgan fingerprint density at radius 2 is 1.97 bits per heavy atom. The summed E-state index contributed by atoms with van der Waals surface area (Å²) >= 11 is 0. The van der Waals surface area contributed by atoms with Crippen molar-refractivity contribution >= 4 is 28.8 Å². The molecule has 1 fully saturated rings. The molecule has 0 aromatic carbocycles. The van der Waals surface area contributed by atoms with Gasteiger partial charge in [-0.05, 0) is 25.8 Å². The third kappa shape index (κ3) is 3.87. The van der Waals surface area contributed by atoms with E-state index in [2.05, 4.69) is 20.0 Å². The number of hydrogen-bond donors (Lipinski definition) is 1. The van der Waals surface area contributed by atoms with Gasteiger partial charge in [0.25, 0.3) is 5.56 Å². The van der Waals surface area contributed by atoms with E-state index in [0.29, 0.717) is 23.2 Å². The van der Waals surface area contributed by atoms with E-state index in [9.17, 15) is 9.59 Å². The van der Waals surface area contributed by atoms with Crippen LogP contribution in [0.4, 0.5) is 16.4 Å². The minimum absolute atomic E-state index is 0.0353. The molecule has 0 spiro atoms. The molecule has 1 saturated carbocycles. The van der Waals surface area contributed by atoms with Crippen molar-refractivity contribution in [3.05, 3.63) is 40.4 Å². The number of hydrogen-bond acceptors (Lipinski definition) is 7. The van der Waals surface area contributed by atoms with Crippen molar-refractivity contribution in [2.24, 2.45) is 7.05 Å². The Hall–Kier alpha value is -3.36. The summed E-state index contributed by atoms with van der Waals surface area (Å²) in [6.07, 6.45) is 6.37. The fraction of sp³-hybridized carbons (Fsp3) is 0.429. The summed E-state index contributed by atoms with van der Waals surface area (Å²) in [5.74, 6) is 0.700. The van der Waals surface area contributed by atoms with Gasteiger partial charge in [-0.2, -0.15) is 4.98 Å². The van der Waals surface area contributed by atoms with E-state index in [1.54, 1.807) is 36.0 Å². The Labute approximate surface area is 173 Å². The molecule has 3 aromatic rings. The smallest absolute Gasteiger partial charge is 0.437 e. The third-order valence-corrected chi connectivity index (χ3v) is 5.48. The normalized spacial score (nSPS) is 14.6. The standard InChI is InChI=1S/C21H25N5O4/c1-13-16-9-10-17(27)26(15-7-5-4-6-8-15)19(16)24-20(22-13)23-14-11-18(25(2)12-14)30-21(28)29-3/h9-12,15H,4-8H2,1-3H3,(H,22,23,24). The molecule has 0 atom stereocenters. The molecule has 1 aliphatic rings. The van der Waals surface area contributed by atoms with Crippen LogP contribution in [-0.4, -0.2) is 32.4 Å². The van der Waals surface area contributed by atoms with Crippen molar-refractivity contribution in [1.29, 1.82) is 0 Å². The second-order valence-electron chi connectivity index (χ2n) is 7.56. The Kier molecular flexibility index (Phi) is 5.43. The number of carbonyl (C=O) groups excluding carboxylic acids is 1. The quantitative estimate of drug-likeness (QED) is 0.651. The average molecular weight is 411 g/mol. The number of ether oxygens (including phenoxy) is 2. The van der Waals surface area contributed by atoms with Crippen LogP contribution in [0.15, 0.2) is 29.2 Å². The Morgan fingerprint density at radius 1 is 1.20 bits per heavy atom. The zero-order valence-corrected chi connectivity index (χ0v) is 17.3. The number of aryl methyl sites for hydroxylation is 2. The lowest BCUT2D eigenvalue weighted by Crippen LogP contribution is -2.27. The van der Waals surface area contributed by atoms with Crippen molar-refractivity contribution in [2.45, 2.75) is 45.1 Å². The molecule has 0 amide bonds. The first-order valence-electron chi connectivity index (χ1n) is 10.1. The molecule has 9 nitrogen and oxygen atoms in total. The van der Waals surface area contributed by atoms with Crippen LogP contribution < -0.4 is 15.6 Å². The first-order valence-corrected chi connectivity index (χ1v) is 10.1. The lowest BCUT2D eigenvalue weighted by atomic mass is 9.95. The number of nitrogens with one attached hydrogen (secondary N) is 1. The van der Waals surface area contributed by atoms with E-state index in [0.717, 1.165) is 36.8 Å². The van der Waals surface area contributed by atoms with Crippen LogP contribution in [0.2, 0.25) is 0 Å². The summed E-state index contributed by atoms with van der Waals surface area (Å²) < 4.78 is 13.1. The topological polar surface area (TPSA) is 100 Å². The minimum Gasteiger partial charge on any atom is -0.437 e. The minimum atomic E-state index is -0.794. The predicted molar refractivity (Wildman–Crippen MR) is 112 cm³/mol. The lowest BCUT2D eigenvalue weighted by molar-refractivity contribution is 0.118. The molecule has 0 radical (unpaired) electrons. The number of anilines is 2. The molecule has 0 aliphatic heterocycles. The van der Waals surface area contributed by atoms with Gasteiger partial charge < -0.3 is 19.4 Å². The van der Waals surface area contributed by atoms with Crippen molar-refractivity contribution in [1.82, 2.24) is 19.1 Å². The van der Waals surface area contributed by atoms with Crippen LogP contribution in [0.1, 0.15) is 43.8 Å². The van der Waals surface area contributed by atoms with Crippen LogP contribution in [0.3, 0.4) is 0 Å². The summed E-state index contributed by atoms with van der Waals surface area (Å²) in [5, 5.41) is 4.02. The number of carbonyl (C=O) groups is 1. The average Bonchev–Trinajstić information content (AvgIpc) is 3.06. The third-order valence-electron chi connectivity index (χ3n) is 5.48. The van der Waals surface area contributed by atoms with Gasteiger partial charge in [0.15, 0.2) is 0 Å². The highest BCUT2D eigenvalue weighted by Crippen LogP contribution is 2.30. The molecule has 0 saturated heterocycles. The van der Waals surface area contributed by atoms with Crippen LogP contribution in [0, 0.1) is 6.92 Å². The van der Waals surface area contributed by atoms with Gasteiger partial charge >= 0.3 is 6.16 Å². The molecule has 1 aliphatic carbocycles. The highest BCUT2D eigenvalue weighted by Gasteiger charge is 2.20. The second-order valence-corrected chi connectivity index (χ2v) is 7.56. The van der Waals surface area contributed by atoms with Gasteiger partial charge in [0.05, 0.1) is 18.5 Å². The van der Waals surface area contributed by atoms with E-state index in [1.807, 2.05) is 11.5 Å². The summed E-state index contributed by atoms with van der Waals surface area (Å²) in [7, 11) is 3.00. The summed E-state index contributed by atoms with van der Waals surface area (Å²) in [5.41, 5.74) is 2.05. The molecule has 30 heavy (non-hydrogen) atoms. The van der Waals surface area contributed by atoms with Crippen molar-refractivity contribution in [3.8, 4) is 5.88 Å². The van der Waals surface area contributed by atoms with Crippen molar-refractivity contribution in [3.63, 3.8) is 0 Å². The first-order chi connectivity index (χ1) is 14.5. The molecule has 0 unspecified atom stereocenters. The lowest BCUT2D eigenvalue weighted by Gasteiger charge is -2.25. The first kappa shape index (κ1) is 19.9. The number of nitrogens with zero attached hydrogens (tertiary/aromatic N) is 4. The Balaban J connectivity index is 1.71. The van der Waals surface area contributed by atoms with Crippen LogP contribution >= 0.6 is 0 Å². The van der Waals surface area contributed by atoms with Gasteiger partial charge in [-0.1, -0.05) is 19.3 Å². The fourth-order valence-corrected chi connectivity index (χ4v) is 4.00. The molecule has 9 heteroatoms. The molecule has 4 rings (SSSR count). The van der Waals surface area contributed by atoms with E-state index in [1.165, 1.54) is 13.5 Å².